The van der Waals surface area contributed by atoms with Crippen LogP contribution in [-0.2, 0) is 17.8 Å². The molecular weight excluding hydrogens is 410 g/mol. The number of H-pyrrole nitrogens is 1. The van der Waals surface area contributed by atoms with Gasteiger partial charge < -0.3 is 29.4 Å². The number of carbonyl (C=O) groups excluding carboxylic acids is 2. The third-order valence-electron chi connectivity index (χ3n) is 5.84. The molecule has 1 unspecified atom stereocenters. The smallest absolute Gasteiger partial charge is 0.252 e. The summed E-state index contributed by atoms with van der Waals surface area (Å²) in [4.78, 5) is 31.2. The number of aromatic nitrogens is 1. The number of aromatic amines is 1. The summed E-state index contributed by atoms with van der Waals surface area (Å²) in [5.74, 6) is 0.632. The van der Waals surface area contributed by atoms with Gasteiger partial charge in [0.25, 0.3) is 5.91 Å². The zero-order valence-corrected chi connectivity index (χ0v) is 18.7. The quantitative estimate of drug-likeness (QED) is 0.619. The first kappa shape index (κ1) is 21.5. The van der Waals surface area contributed by atoms with Crippen LogP contribution in [0.5, 0.6) is 17.2 Å². The molecule has 2 aromatic carbocycles. The molecule has 0 saturated heterocycles. The second-order valence-electron chi connectivity index (χ2n) is 7.75. The highest BCUT2D eigenvalue weighted by molar-refractivity contribution is 5.98. The summed E-state index contributed by atoms with van der Waals surface area (Å²) in [5.41, 5.74) is 3.71. The number of amides is 2. The van der Waals surface area contributed by atoms with Gasteiger partial charge in [-0.1, -0.05) is 18.2 Å². The van der Waals surface area contributed by atoms with Gasteiger partial charge in [0, 0.05) is 47.2 Å². The zero-order chi connectivity index (χ0) is 22.8. The molecule has 0 spiro atoms. The number of rotatable bonds is 6. The molecule has 0 aliphatic carbocycles. The van der Waals surface area contributed by atoms with Gasteiger partial charge in [0.15, 0.2) is 11.5 Å². The molecule has 2 heterocycles. The lowest BCUT2D eigenvalue weighted by Gasteiger charge is -2.30. The molecule has 0 fully saturated rings. The maximum atomic E-state index is 13.1. The Kier molecular flexibility index (Phi) is 5.94. The van der Waals surface area contributed by atoms with Crippen LogP contribution in [0.4, 0.5) is 0 Å². The summed E-state index contributed by atoms with van der Waals surface area (Å²) < 4.78 is 15.9. The first-order valence-corrected chi connectivity index (χ1v) is 10.4. The molecule has 2 N–H and O–H groups in total. The van der Waals surface area contributed by atoms with E-state index in [2.05, 4.69) is 16.4 Å². The van der Waals surface area contributed by atoms with Crippen LogP contribution in [-0.4, -0.2) is 55.6 Å². The first-order valence-electron chi connectivity index (χ1n) is 10.4. The largest absolute Gasteiger partial charge is 0.493 e. The third-order valence-corrected chi connectivity index (χ3v) is 5.84. The molecule has 1 aromatic heterocycles. The fourth-order valence-electron chi connectivity index (χ4n) is 4.18. The van der Waals surface area contributed by atoms with Gasteiger partial charge in [0.1, 0.15) is 6.04 Å². The Morgan fingerprint density at radius 2 is 1.75 bits per heavy atom. The predicted molar refractivity (Wildman–Crippen MR) is 120 cm³/mol. The van der Waals surface area contributed by atoms with Crippen LogP contribution >= 0.6 is 0 Å². The molecule has 0 radical (unpaired) electrons. The molecular formula is C24H27N3O5. The van der Waals surface area contributed by atoms with E-state index in [9.17, 15) is 9.59 Å². The van der Waals surface area contributed by atoms with Crippen molar-refractivity contribution in [2.45, 2.75) is 25.9 Å². The maximum absolute atomic E-state index is 13.1. The van der Waals surface area contributed by atoms with Gasteiger partial charge >= 0.3 is 0 Å². The van der Waals surface area contributed by atoms with E-state index in [0.717, 1.165) is 22.9 Å². The third kappa shape index (κ3) is 3.84. The molecule has 32 heavy (non-hydrogen) atoms. The Morgan fingerprint density at radius 3 is 2.41 bits per heavy atom. The van der Waals surface area contributed by atoms with Crippen molar-refractivity contribution in [2.75, 3.05) is 27.9 Å². The molecule has 168 valence electrons. The lowest BCUT2D eigenvalue weighted by atomic mass is 10.0. The van der Waals surface area contributed by atoms with Gasteiger partial charge in [-0.25, -0.2) is 0 Å². The van der Waals surface area contributed by atoms with Crippen LogP contribution in [0.25, 0.3) is 10.9 Å². The van der Waals surface area contributed by atoms with Crippen molar-refractivity contribution in [1.29, 1.82) is 0 Å². The second kappa shape index (κ2) is 8.82. The number of nitrogens with one attached hydrogen (secondary N) is 2. The van der Waals surface area contributed by atoms with Gasteiger partial charge in [-0.15, -0.1) is 0 Å². The van der Waals surface area contributed by atoms with Crippen LogP contribution in [0.2, 0.25) is 0 Å². The van der Waals surface area contributed by atoms with Crippen molar-refractivity contribution < 1.29 is 23.8 Å². The van der Waals surface area contributed by atoms with E-state index >= 15 is 0 Å². The molecule has 8 heteroatoms. The highest BCUT2D eigenvalue weighted by Crippen LogP contribution is 2.38. The highest BCUT2D eigenvalue weighted by atomic mass is 16.5. The summed E-state index contributed by atoms with van der Waals surface area (Å²) in [6, 6.07) is 10.5. The van der Waals surface area contributed by atoms with E-state index in [4.69, 9.17) is 14.2 Å². The minimum atomic E-state index is -0.687. The van der Waals surface area contributed by atoms with Gasteiger partial charge in [0.2, 0.25) is 11.7 Å². The molecule has 8 nitrogen and oxygen atoms in total. The Hall–Kier alpha value is -3.68. The van der Waals surface area contributed by atoms with Crippen molar-refractivity contribution in [1.82, 2.24) is 15.2 Å². The standard InChI is InChI=1S/C24H27N3O5/c1-14(25-23(28)15-11-20(30-2)22(32-4)21(12-15)31-3)24(29)27-10-9-19-17(13-27)16-7-5-6-8-18(16)26-19/h5-8,11-12,14,26H,9-10,13H2,1-4H3,(H,25,28). The van der Waals surface area contributed by atoms with Crippen LogP contribution in [0.3, 0.4) is 0 Å². The molecule has 0 bridgehead atoms. The second-order valence-corrected chi connectivity index (χ2v) is 7.75. The minimum absolute atomic E-state index is 0.123. The molecule has 1 atom stereocenters. The summed E-state index contributed by atoms with van der Waals surface area (Å²) in [6.45, 7) is 2.81. The molecule has 0 saturated carbocycles. The lowest BCUT2D eigenvalue weighted by molar-refractivity contribution is -0.133. The van der Waals surface area contributed by atoms with Gasteiger partial charge in [0.05, 0.1) is 21.3 Å². The van der Waals surface area contributed by atoms with E-state index in [0.29, 0.717) is 35.9 Å². The number of nitrogens with zero attached hydrogens (tertiary/aromatic N) is 1. The Morgan fingerprint density at radius 1 is 1.06 bits per heavy atom. The van der Waals surface area contributed by atoms with Crippen molar-refractivity contribution in [3.05, 3.63) is 53.2 Å². The molecule has 4 rings (SSSR count). The number of methoxy groups -OCH3 is 3. The summed E-state index contributed by atoms with van der Waals surface area (Å²) in [6.07, 6.45) is 0.753. The number of fused-ring (bicyclic) bond motifs is 3. The highest BCUT2D eigenvalue weighted by Gasteiger charge is 2.28. The number of para-hydroxylation sites is 1. The Labute approximate surface area is 186 Å². The number of benzene rings is 2. The number of hydrogen-bond donors (Lipinski definition) is 2. The van der Waals surface area contributed by atoms with E-state index in [1.807, 2.05) is 18.2 Å². The van der Waals surface area contributed by atoms with Crippen LogP contribution in [0.15, 0.2) is 36.4 Å². The van der Waals surface area contributed by atoms with Crippen LogP contribution in [0, 0.1) is 0 Å². The Bertz CT molecular complexity index is 1140. The van der Waals surface area contributed by atoms with E-state index in [1.54, 1.807) is 24.0 Å². The first-order chi connectivity index (χ1) is 15.5. The SMILES string of the molecule is COc1cc(C(=O)NC(C)C(=O)N2CCc3[nH]c4ccccc4c3C2)cc(OC)c1OC. The summed E-state index contributed by atoms with van der Waals surface area (Å²) >= 11 is 0. The summed E-state index contributed by atoms with van der Waals surface area (Å²) in [7, 11) is 4.47. The fourth-order valence-corrected chi connectivity index (χ4v) is 4.18. The van der Waals surface area contributed by atoms with E-state index in [-0.39, 0.29) is 5.91 Å². The average molecular weight is 437 g/mol. The van der Waals surface area contributed by atoms with Gasteiger partial charge in [-0.3, -0.25) is 9.59 Å². The normalized spacial score (nSPS) is 13.9. The van der Waals surface area contributed by atoms with Crippen molar-refractivity contribution in [3.63, 3.8) is 0 Å². The molecule has 2 amide bonds. The molecule has 1 aliphatic rings. The van der Waals surface area contributed by atoms with Gasteiger partial charge in [-0.2, -0.15) is 0 Å². The zero-order valence-electron chi connectivity index (χ0n) is 18.7. The van der Waals surface area contributed by atoms with Crippen molar-refractivity contribution in [3.8, 4) is 17.2 Å². The number of hydrogen-bond acceptors (Lipinski definition) is 5. The minimum Gasteiger partial charge on any atom is -0.493 e. The monoisotopic (exact) mass is 437 g/mol. The van der Waals surface area contributed by atoms with Crippen LogP contribution in [0.1, 0.15) is 28.5 Å². The van der Waals surface area contributed by atoms with E-state index < -0.39 is 11.9 Å². The fraction of sp³-hybridized carbons (Fsp3) is 0.333. The molecule has 1 aliphatic heterocycles. The lowest BCUT2D eigenvalue weighted by Crippen LogP contribution is -2.48. The number of carbonyl (C=O) groups is 2. The Balaban J connectivity index is 1.49. The van der Waals surface area contributed by atoms with Crippen LogP contribution < -0.4 is 19.5 Å². The summed E-state index contributed by atoms with van der Waals surface area (Å²) in [5, 5.41) is 3.93. The van der Waals surface area contributed by atoms with Crippen molar-refractivity contribution >= 4 is 22.7 Å². The van der Waals surface area contributed by atoms with E-state index in [1.165, 1.54) is 27.0 Å². The predicted octanol–water partition coefficient (Wildman–Crippen LogP) is 2.90. The average Bonchev–Trinajstić information content (AvgIpc) is 3.20. The van der Waals surface area contributed by atoms with Gasteiger partial charge in [-0.05, 0) is 25.1 Å². The topological polar surface area (TPSA) is 92.9 Å². The van der Waals surface area contributed by atoms with Crippen molar-refractivity contribution in [2.24, 2.45) is 0 Å². The maximum Gasteiger partial charge on any atom is 0.252 e. The number of ether oxygens (including phenoxy) is 3. The molecule has 3 aromatic rings.